The SMILES string of the molecule is CCN(CC)C(=O)C1CCCC(NC(=O)c2cc(-c3ccc4c(C(=O)NC)n[nH]c4c3)cnc2OC)C1. The second-order valence-corrected chi connectivity index (χ2v) is 9.24. The lowest BCUT2D eigenvalue weighted by atomic mass is 9.84. The zero-order valence-corrected chi connectivity index (χ0v) is 21.8. The lowest BCUT2D eigenvalue weighted by molar-refractivity contribution is -0.136. The van der Waals surface area contributed by atoms with E-state index >= 15 is 0 Å². The van der Waals surface area contributed by atoms with Gasteiger partial charge in [-0.15, -0.1) is 0 Å². The Morgan fingerprint density at radius 1 is 1.11 bits per heavy atom. The number of nitrogens with one attached hydrogen (secondary N) is 3. The van der Waals surface area contributed by atoms with Gasteiger partial charge in [-0.1, -0.05) is 12.5 Å². The number of aromatic nitrogens is 3. The predicted molar refractivity (Wildman–Crippen MR) is 140 cm³/mol. The molecular formula is C27H34N6O4. The second kappa shape index (κ2) is 11.4. The summed E-state index contributed by atoms with van der Waals surface area (Å²) in [5.74, 6) is -0.230. The van der Waals surface area contributed by atoms with Crippen molar-refractivity contribution in [2.45, 2.75) is 45.6 Å². The summed E-state index contributed by atoms with van der Waals surface area (Å²) in [5.41, 5.74) is 2.88. The van der Waals surface area contributed by atoms with Crippen LogP contribution in [0.2, 0.25) is 0 Å². The molecule has 2 aromatic heterocycles. The summed E-state index contributed by atoms with van der Waals surface area (Å²) in [6.07, 6.45) is 4.83. The van der Waals surface area contributed by atoms with Crippen molar-refractivity contribution in [1.82, 2.24) is 30.7 Å². The smallest absolute Gasteiger partial charge is 0.272 e. The van der Waals surface area contributed by atoms with Gasteiger partial charge in [-0.25, -0.2) is 4.98 Å². The molecule has 196 valence electrons. The standard InChI is InChI=1S/C27H34N6O4/c1-5-33(6-2)27(36)17-8-7-9-19(12-17)30-24(34)21-13-18(15-29-26(21)37-4)16-10-11-20-22(14-16)31-32-23(20)25(35)28-3/h10-11,13-15,17,19H,5-9,12H2,1-4H3,(H,28,35)(H,30,34)(H,31,32). The fourth-order valence-electron chi connectivity index (χ4n) is 5.03. The molecule has 10 nitrogen and oxygen atoms in total. The molecule has 1 aliphatic rings. The molecule has 0 radical (unpaired) electrons. The molecule has 1 fully saturated rings. The molecule has 2 atom stereocenters. The molecule has 2 unspecified atom stereocenters. The first kappa shape index (κ1) is 26.1. The van der Waals surface area contributed by atoms with Crippen LogP contribution < -0.4 is 15.4 Å². The van der Waals surface area contributed by atoms with E-state index in [9.17, 15) is 14.4 Å². The van der Waals surface area contributed by atoms with Crippen molar-refractivity contribution in [2.75, 3.05) is 27.2 Å². The van der Waals surface area contributed by atoms with Crippen molar-refractivity contribution >= 4 is 28.6 Å². The number of carbonyl (C=O) groups is 3. The van der Waals surface area contributed by atoms with Gasteiger partial charge < -0.3 is 20.3 Å². The van der Waals surface area contributed by atoms with Crippen LogP contribution in [0, 0.1) is 5.92 Å². The molecular weight excluding hydrogens is 472 g/mol. The summed E-state index contributed by atoms with van der Waals surface area (Å²) in [6.45, 7) is 5.35. The van der Waals surface area contributed by atoms with Crippen LogP contribution in [0.5, 0.6) is 5.88 Å². The first-order chi connectivity index (χ1) is 17.9. The maximum Gasteiger partial charge on any atom is 0.272 e. The van der Waals surface area contributed by atoms with Crippen molar-refractivity contribution < 1.29 is 19.1 Å². The summed E-state index contributed by atoms with van der Waals surface area (Å²) in [7, 11) is 3.04. The molecule has 3 N–H and O–H groups in total. The average Bonchev–Trinajstić information content (AvgIpc) is 3.36. The Kier molecular flexibility index (Phi) is 8.05. The highest BCUT2D eigenvalue weighted by molar-refractivity contribution is 6.05. The summed E-state index contributed by atoms with van der Waals surface area (Å²) in [5, 5.41) is 13.4. The van der Waals surface area contributed by atoms with E-state index in [4.69, 9.17) is 4.74 Å². The van der Waals surface area contributed by atoms with Crippen molar-refractivity contribution in [3.63, 3.8) is 0 Å². The lowest BCUT2D eigenvalue weighted by Gasteiger charge is -2.32. The molecule has 0 aliphatic heterocycles. The number of fused-ring (bicyclic) bond motifs is 1. The number of H-pyrrole nitrogens is 1. The molecule has 1 aliphatic carbocycles. The van der Waals surface area contributed by atoms with E-state index in [0.29, 0.717) is 41.7 Å². The van der Waals surface area contributed by atoms with E-state index in [2.05, 4.69) is 25.8 Å². The summed E-state index contributed by atoms with van der Waals surface area (Å²) < 4.78 is 5.39. The Balaban J connectivity index is 1.55. The zero-order valence-electron chi connectivity index (χ0n) is 21.8. The number of methoxy groups -OCH3 is 1. The van der Waals surface area contributed by atoms with Crippen LogP contribution in [0.25, 0.3) is 22.0 Å². The number of hydrogen-bond acceptors (Lipinski definition) is 6. The highest BCUT2D eigenvalue weighted by atomic mass is 16.5. The van der Waals surface area contributed by atoms with Crippen LogP contribution >= 0.6 is 0 Å². The first-order valence-corrected chi connectivity index (χ1v) is 12.7. The third-order valence-corrected chi connectivity index (χ3v) is 7.06. The van der Waals surface area contributed by atoms with E-state index in [1.54, 1.807) is 19.3 Å². The molecule has 0 spiro atoms. The number of ether oxygens (including phenoxy) is 1. The second-order valence-electron chi connectivity index (χ2n) is 9.24. The minimum atomic E-state index is -0.281. The minimum Gasteiger partial charge on any atom is -0.480 e. The minimum absolute atomic E-state index is 0.0777. The number of pyridine rings is 1. The number of amides is 3. The molecule has 0 saturated heterocycles. The van der Waals surface area contributed by atoms with E-state index < -0.39 is 0 Å². The molecule has 37 heavy (non-hydrogen) atoms. The van der Waals surface area contributed by atoms with Gasteiger partial charge in [0.25, 0.3) is 11.8 Å². The third kappa shape index (κ3) is 5.42. The number of benzene rings is 1. The highest BCUT2D eigenvalue weighted by Gasteiger charge is 2.31. The highest BCUT2D eigenvalue weighted by Crippen LogP contribution is 2.29. The van der Waals surface area contributed by atoms with Gasteiger partial charge in [0.1, 0.15) is 5.56 Å². The Morgan fingerprint density at radius 3 is 2.59 bits per heavy atom. The monoisotopic (exact) mass is 506 g/mol. The van der Waals surface area contributed by atoms with Crippen LogP contribution in [-0.2, 0) is 4.79 Å². The van der Waals surface area contributed by atoms with Crippen LogP contribution in [0.15, 0.2) is 30.5 Å². The van der Waals surface area contributed by atoms with Gasteiger partial charge in [-0.3, -0.25) is 19.5 Å². The van der Waals surface area contributed by atoms with Crippen LogP contribution in [0.4, 0.5) is 0 Å². The van der Waals surface area contributed by atoms with Gasteiger partial charge in [-0.05, 0) is 56.9 Å². The van der Waals surface area contributed by atoms with Crippen molar-refractivity contribution in [1.29, 1.82) is 0 Å². The van der Waals surface area contributed by atoms with Gasteiger partial charge in [0.05, 0.1) is 12.6 Å². The molecule has 3 amide bonds. The molecule has 1 aromatic carbocycles. The first-order valence-electron chi connectivity index (χ1n) is 12.7. The molecule has 10 heteroatoms. The molecule has 3 aromatic rings. The molecule has 1 saturated carbocycles. The lowest BCUT2D eigenvalue weighted by Crippen LogP contribution is -2.43. The molecule has 0 bridgehead atoms. The van der Waals surface area contributed by atoms with E-state index in [-0.39, 0.29) is 35.6 Å². The zero-order chi connectivity index (χ0) is 26.5. The predicted octanol–water partition coefficient (Wildman–Crippen LogP) is 3.15. The van der Waals surface area contributed by atoms with E-state index in [1.165, 1.54) is 7.11 Å². The summed E-state index contributed by atoms with van der Waals surface area (Å²) in [6, 6.07) is 7.20. The quantitative estimate of drug-likeness (QED) is 0.430. The topological polar surface area (TPSA) is 129 Å². The average molecular weight is 507 g/mol. The Bertz CT molecular complexity index is 1300. The number of rotatable bonds is 8. The van der Waals surface area contributed by atoms with Crippen LogP contribution in [0.3, 0.4) is 0 Å². The van der Waals surface area contributed by atoms with E-state index in [1.807, 2.05) is 36.9 Å². The molecule has 2 heterocycles. The fourth-order valence-corrected chi connectivity index (χ4v) is 5.03. The number of nitrogens with zero attached hydrogens (tertiary/aromatic N) is 3. The van der Waals surface area contributed by atoms with Crippen molar-refractivity contribution in [3.8, 4) is 17.0 Å². The fraction of sp³-hybridized carbons (Fsp3) is 0.444. The largest absolute Gasteiger partial charge is 0.480 e. The Morgan fingerprint density at radius 2 is 1.89 bits per heavy atom. The Hall–Kier alpha value is -3.95. The summed E-state index contributed by atoms with van der Waals surface area (Å²) >= 11 is 0. The number of aromatic amines is 1. The maximum atomic E-state index is 13.3. The van der Waals surface area contributed by atoms with Crippen molar-refractivity contribution in [2.24, 2.45) is 5.92 Å². The number of carbonyl (C=O) groups excluding carboxylic acids is 3. The molecule has 4 rings (SSSR count). The van der Waals surface area contributed by atoms with Gasteiger partial charge >= 0.3 is 0 Å². The third-order valence-electron chi connectivity index (χ3n) is 7.06. The van der Waals surface area contributed by atoms with E-state index in [0.717, 1.165) is 30.4 Å². The van der Waals surface area contributed by atoms with Crippen molar-refractivity contribution in [3.05, 3.63) is 41.7 Å². The van der Waals surface area contributed by atoms with Gasteiger partial charge in [0, 0.05) is 49.2 Å². The van der Waals surface area contributed by atoms with Gasteiger partial charge in [-0.2, -0.15) is 5.10 Å². The van der Waals surface area contributed by atoms with Gasteiger partial charge in [0.2, 0.25) is 11.8 Å². The van der Waals surface area contributed by atoms with Gasteiger partial charge in [0.15, 0.2) is 5.69 Å². The number of hydrogen-bond donors (Lipinski definition) is 3. The van der Waals surface area contributed by atoms with Crippen LogP contribution in [-0.4, -0.2) is 71.1 Å². The maximum absolute atomic E-state index is 13.3. The normalized spacial score (nSPS) is 17.3. The Labute approximate surface area is 216 Å². The van der Waals surface area contributed by atoms with Crippen LogP contribution in [0.1, 0.15) is 60.4 Å². The summed E-state index contributed by atoms with van der Waals surface area (Å²) in [4.78, 5) is 44.5.